The average Bonchev–Trinajstić information content (AvgIpc) is 2.81. The van der Waals surface area contributed by atoms with Gasteiger partial charge in [-0.1, -0.05) is 6.07 Å². The normalized spacial score (nSPS) is 9.83. The molecule has 2 rings (SSSR count). The zero-order chi connectivity index (χ0) is 13.0. The number of nitrogens with zero attached hydrogens (tertiary/aromatic N) is 1. The third kappa shape index (κ3) is 2.66. The monoisotopic (exact) mass is 322 g/mol. The summed E-state index contributed by atoms with van der Waals surface area (Å²) in [4.78, 5) is 1.18. The van der Waals surface area contributed by atoms with Crippen molar-refractivity contribution >= 4 is 33.0 Å². The summed E-state index contributed by atoms with van der Waals surface area (Å²) in [6.45, 7) is 0.660. The van der Waals surface area contributed by atoms with Gasteiger partial charge in [-0.2, -0.15) is 5.26 Å². The maximum Gasteiger partial charge on any atom is 0.143 e. The second-order valence-electron chi connectivity index (χ2n) is 3.54. The Bertz CT molecular complexity index is 589. The van der Waals surface area contributed by atoms with Crippen molar-refractivity contribution in [2.45, 2.75) is 6.54 Å². The zero-order valence-corrected chi connectivity index (χ0v) is 12.1. The van der Waals surface area contributed by atoms with Crippen molar-refractivity contribution in [1.29, 1.82) is 5.26 Å². The SMILES string of the molecule is COc1cccc(C#N)c1NCc1sccc1Br. The highest BCUT2D eigenvalue weighted by molar-refractivity contribution is 9.10. The summed E-state index contributed by atoms with van der Waals surface area (Å²) < 4.78 is 6.34. The van der Waals surface area contributed by atoms with Crippen LogP contribution in [0.5, 0.6) is 5.75 Å². The molecule has 1 aromatic heterocycles. The highest BCUT2D eigenvalue weighted by atomic mass is 79.9. The molecule has 18 heavy (non-hydrogen) atoms. The van der Waals surface area contributed by atoms with Crippen molar-refractivity contribution in [2.24, 2.45) is 0 Å². The van der Waals surface area contributed by atoms with Gasteiger partial charge in [0.1, 0.15) is 11.8 Å². The maximum absolute atomic E-state index is 9.10. The number of hydrogen-bond donors (Lipinski definition) is 1. The van der Waals surface area contributed by atoms with Gasteiger partial charge >= 0.3 is 0 Å². The molecule has 1 heterocycles. The van der Waals surface area contributed by atoms with Crippen molar-refractivity contribution in [3.63, 3.8) is 0 Å². The Kier molecular flexibility index (Phi) is 4.24. The number of nitrogens with one attached hydrogen (secondary N) is 1. The second kappa shape index (κ2) is 5.89. The number of ether oxygens (including phenoxy) is 1. The minimum atomic E-state index is 0.585. The highest BCUT2D eigenvalue weighted by Crippen LogP contribution is 2.30. The summed E-state index contributed by atoms with van der Waals surface area (Å²) in [5.74, 6) is 0.682. The van der Waals surface area contributed by atoms with E-state index < -0.39 is 0 Å². The Morgan fingerprint density at radius 1 is 1.44 bits per heavy atom. The molecule has 3 nitrogen and oxygen atoms in total. The first-order chi connectivity index (χ1) is 8.76. The molecule has 0 atom stereocenters. The first-order valence-electron chi connectivity index (χ1n) is 5.29. The third-order valence-corrected chi connectivity index (χ3v) is 4.41. The van der Waals surface area contributed by atoms with Crippen LogP contribution in [0.1, 0.15) is 10.4 Å². The van der Waals surface area contributed by atoms with Crippen LogP contribution in [-0.2, 0) is 6.54 Å². The van der Waals surface area contributed by atoms with Crippen molar-refractivity contribution in [3.8, 4) is 11.8 Å². The molecular weight excluding hydrogens is 312 g/mol. The number of benzene rings is 1. The molecule has 1 aromatic carbocycles. The summed E-state index contributed by atoms with van der Waals surface area (Å²) in [5, 5.41) is 14.4. The molecule has 1 N–H and O–H groups in total. The van der Waals surface area contributed by atoms with Crippen LogP contribution in [0.3, 0.4) is 0 Å². The molecular formula is C13H11BrN2OS. The Morgan fingerprint density at radius 2 is 2.28 bits per heavy atom. The molecule has 0 aliphatic rings. The number of rotatable bonds is 4. The molecule has 0 fully saturated rings. The fourth-order valence-corrected chi connectivity index (χ4v) is 3.03. The molecule has 2 aromatic rings. The van der Waals surface area contributed by atoms with E-state index >= 15 is 0 Å². The van der Waals surface area contributed by atoms with Crippen molar-refractivity contribution < 1.29 is 4.74 Å². The van der Waals surface area contributed by atoms with Gasteiger partial charge in [-0.05, 0) is 39.5 Å². The summed E-state index contributed by atoms with van der Waals surface area (Å²) in [6, 6.07) is 9.59. The van der Waals surface area contributed by atoms with Crippen molar-refractivity contribution in [2.75, 3.05) is 12.4 Å². The molecule has 0 aliphatic heterocycles. The second-order valence-corrected chi connectivity index (χ2v) is 5.39. The molecule has 0 radical (unpaired) electrons. The van der Waals surface area contributed by atoms with Crippen LogP contribution >= 0.6 is 27.3 Å². The van der Waals surface area contributed by atoms with E-state index in [1.54, 1.807) is 24.5 Å². The van der Waals surface area contributed by atoms with Gasteiger partial charge in [0.25, 0.3) is 0 Å². The molecule has 0 aliphatic carbocycles. The molecule has 0 bridgehead atoms. The first-order valence-corrected chi connectivity index (χ1v) is 6.96. The third-order valence-electron chi connectivity index (χ3n) is 2.48. The predicted molar refractivity (Wildman–Crippen MR) is 77.1 cm³/mol. The van der Waals surface area contributed by atoms with E-state index in [4.69, 9.17) is 10.00 Å². The van der Waals surface area contributed by atoms with Gasteiger partial charge in [-0.3, -0.25) is 0 Å². The van der Waals surface area contributed by atoms with E-state index in [-0.39, 0.29) is 0 Å². The van der Waals surface area contributed by atoms with Gasteiger partial charge in [-0.25, -0.2) is 0 Å². The van der Waals surface area contributed by atoms with Gasteiger partial charge in [0.15, 0.2) is 0 Å². The van der Waals surface area contributed by atoms with Crippen LogP contribution in [0.25, 0.3) is 0 Å². The van der Waals surface area contributed by atoms with E-state index in [2.05, 4.69) is 27.3 Å². The number of nitriles is 1. The Morgan fingerprint density at radius 3 is 2.89 bits per heavy atom. The lowest BCUT2D eigenvalue weighted by Crippen LogP contribution is -2.02. The topological polar surface area (TPSA) is 45.0 Å². The van der Waals surface area contributed by atoms with Gasteiger partial charge in [-0.15, -0.1) is 11.3 Å². The molecule has 0 unspecified atom stereocenters. The van der Waals surface area contributed by atoms with Gasteiger partial charge in [0.2, 0.25) is 0 Å². The largest absolute Gasteiger partial charge is 0.495 e. The Hall–Kier alpha value is -1.51. The lowest BCUT2D eigenvalue weighted by Gasteiger charge is -2.12. The van der Waals surface area contributed by atoms with E-state index in [1.165, 1.54) is 4.88 Å². The number of methoxy groups -OCH3 is 1. The highest BCUT2D eigenvalue weighted by Gasteiger charge is 2.09. The van der Waals surface area contributed by atoms with Crippen LogP contribution in [0.2, 0.25) is 0 Å². The minimum absolute atomic E-state index is 0.585. The molecule has 5 heteroatoms. The zero-order valence-electron chi connectivity index (χ0n) is 9.74. The van der Waals surface area contributed by atoms with E-state index in [9.17, 15) is 0 Å². The fourth-order valence-electron chi connectivity index (χ4n) is 1.60. The summed E-state index contributed by atoms with van der Waals surface area (Å²) >= 11 is 5.15. The maximum atomic E-state index is 9.10. The van der Waals surface area contributed by atoms with E-state index in [0.29, 0.717) is 17.9 Å². The first kappa shape index (κ1) is 12.9. The van der Waals surface area contributed by atoms with Crippen molar-refractivity contribution in [1.82, 2.24) is 0 Å². The average molecular weight is 323 g/mol. The lowest BCUT2D eigenvalue weighted by molar-refractivity contribution is 0.416. The molecule has 0 saturated carbocycles. The van der Waals surface area contributed by atoms with E-state index in [0.717, 1.165) is 10.2 Å². The number of anilines is 1. The van der Waals surface area contributed by atoms with Crippen molar-refractivity contribution in [3.05, 3.63) is 44.6 Å². The Labute approximate surface area is 118 Å². The van der Waals surface area contributed by atoms with E-state index in [1.807, 2.05) is 23.6 Å². The number of hydrogen-bond acceptors (Lipinski definition) is 4. The number of thiophene rings is 1. The number of para-hydroxylation sites is 1. The fraction of sp³-hybridized carbons (Fsp3) is 0.154. The Balaban J connectivity index is 2.23. The van der Waals surface area contributed by atoms with Crippen LogP contribution in [0.4, 0.5) is 5.69 Å². The van der Waals surface area contributed by atoms with Gasteiger partial charge in [0.05, 0.1) is 24.9 Å². The van der Waals surface area contributed by atoms with Crippen LogP contribution in [-0.4, -0.2) is 7.11 Å². The lowest BCUT2D eigenvalue weighted by atomic mass is 10.2. The smallest absolute Gasteiger partial charge is 0.143 e. The minimum Gasteiger partial charge on any atom is -0.495 e. The summed E-state index contributed by atoms with van der Waals surface area (Å²) in [7, 11) is 1.60. The molecule has 0 amide bonds. The number of halogens is 1. The van der Waals surface area contributed by atoms with Crippen LogP contribution in [0.15, 0.2) is 34.1 Å². The quantitative estimate of drug-likeness (QED) is 0.925. The van der Waals surface area contributed by atoms with Crippen LogP contribution in [0, 0.1) is 11.3 Å². The van der Waals surface area contributed by atoms with Gasteiger partial charge < -0.3 is 10.1 Å². The summed E-state index contributed by atoms with van der Waals surface area (Å²) in [5.41, 5.74) is 1.32. The van der Waals surface area contributed by atoms with Crippen LogP contribution < -0.4 is 10.1 Å². The molecule has 0 saturated heterocycles. The van der Waals surface area contributed by atoms with Gasteiger partial charge in [0, 0.05) is 9.35 Å². The summed E-state index contributed by atoms with van der Waals surface area (Å²) in [6.07, 6.45) is 0. The molecule has 0 spiro atoms. The molecule has 92 valence electrons. The standard InChI is InChI=1S/C13H11BrN2OS/c1-17-11-4-2-3-9(7-15)13(11)16-8-12-10(14)5-6-18-12/h2-6,16H,8H2,1H3. The predicted octanol–water partition coefficient (Wildman–Crippen LogP) is 4.00.